The summed E-state index contributed by atoms with van der Waals surface area (Å²) in [6, 6.07) is 8.95. The normalized spacial score (nSPS) is 21.1. The maximum absolute atomic E-state index is 12.2. The lowest BCUT2D eigenvalue weighted by Gasteiger charge is -2.22. The second-order valence-corrected chi connectivity index (χ2v) is 5.30. The van der Waals surface area contributed by atoms with Crippen molar-refractivity contribution in [2.45, 2.75) is 32.9 Å². The van der Waals surface area contributed by atoms with Crippen LogP contribution in [-0.2, 0) is 20.9 Å². The van der Waals surface area contributed by atoms with Crippen LogP contribution < -0.4 is 0 Å². The molecule has 1 aliphatic heterocycles. The molecule has 2 rings (SSSR count). The Morgan fingerprint density at radius 1 is 1.24 bits per heavy atom. The highest BCUT2D eigenvalue weighted by Gasteiger charge is 2.39. The van der Waals surface area contributed by atoms with Crippen LogP contribution in [0.4, 0.5) is 4.79 Å². The summed E-state index contributed by atoms with van der Waals surface area (Å²) in [6.07, 6.45) is 0.167. The molecule has 0 spiro atoms. The number of likely N-dealkylation sites (tertiary alicyclic amines) is 1. The zero-order valence-corrected chi connectivity index (χ0v) is 12.5. The molecule has 5 heteroatoms. The van der Waals surface area contributed by atoms with E-state index < -0.39 is 12.1 Å². The molecule has 1 aromatic rings. The van der Waals surface area contributed by atoms with Crippen molar-refractivity contribution in [3.63, 3.8) is 0 Å². The van der Waals surface area contributed by atoms with Gasteiger partial charge in [-0.2, -0.15) is 0 Å². The molecule has 2 atom stereocenters. The molecule has 0 N–H and O–H groups in total. The van der Waals surface area contributed by atoms with Crippen molar-refractivity contribution in [2.24, 2.45) is 5.92 Å². The molecule has 114 valence electrons. The predicted octanol–water partition coefficient (Wildman–Crippen LogP) is 2.60. The summed E-state index contributed by atoms with van der Waals surface area (Å²) in [5.41, 5.74) is 0.922. The molecule has 0 saturated carbocycles. The Labute approximate surface area is 124 Å². The molecule has 0 bridgehead atoms. The van der Waals surface area contributed by atoms with Gasteiger partial charge in [0.2, 0.25) is 0 Å². The van der Waals surface area contributed by atoms with Crippen LogP contribution in [0.3, 0.4) is 0 Å². The molecule has 1 saturated heterocycles. The fraction of sp³-hybridized carbons (Fsp3) is 0.500. The maximum Gasteiger partial charge on any atom is 0.410 e. The molecule has 21 heavy (non-hydrogen) atoms. The van der Waals surface area contributed by atoms with Crippen LogP contribution >= 0.6 is 0 Å². The average molecular weight is 291 g/mol. The van der Waals surface area contributed by atoms with Crippen LogP contribution in [0.15, 0.2) is 30.3 Å². The summed E-state index contributed by atoms with van der Waals surface area (Å²) >= 11 is 0. The van der Waals surface area contributed by atoms with Gasteiger partial charge in [0, 0.05) is 6.54 Å². The van der Waals surface area contributed by atoms with Crippen molar-refractivity contribution in [1.29, 1.82) is 0 Å². The van der Waals surface area contributed by atoms with Gasteiger partial charge in [0.25, 0.3) is 0 Å². The van der Waals surface area contributed by atoms with Gasteiger partial charge in [0.1, 0.15) is 12.6 Å². The van der Waals surface area contributed by atoms with Crippen molar-refractivity contribution >= 4 is 12.1 Å². The van der Waals surface area contributed by atoms with Crippen molar-refractivity contribution in [1.82, 2.24) is 4.90 Å². The summed E-state index contributed by atoms with van der Waals surface area (Å²) < 4.78 is 10.3. The fourth-order valence-corrected chi connectivity index (χ4v) is 2.51. The van der Waals surface area contributed by atoms with E-state index in [1.165, 1.54) is 4.90 Å². The Bertz CT molecular complexity index is 488. The second-order valence-electron chi connectivity index (χ2n) is 5.30. The van der Waals surface area contributed by atoms with E-state index in [0.717, 1.165) is 5.56 Å². The number of ether oxygens (including phenoxy) is 2. The Morgan fingerprint density at radius 2 is 1.95 bits per heavy atom. The van der Waals surface area contributed by atoms with E-state index in [-0.39, 0.29) is 18.5 Å². The smallest absolute Gasteiger partial charge is 0.410 e. The standard InChI is InChI=1S/C16H21NO4/c1-3-20-15(18)14-9-12(2)10-17(14)16(19)21-11-13-7-5-4-6-8-13/h4-8,12,14H,3,9-11H2,1-2H3. The van der Waals surface area contributed by atoms with Gasteiger partial charge in [0.15, 0.2) is 0 Å². The highest BCUT2D eigenvalue weighted by Crippen LogP contribution is 2.24. The zero-order valence-electron chi connectivity index (χ0n) is 12.5. The third kappa shape index (κ3) is 3.97. The number of nitrogens with zero attached hydrogens (tertiary/aromatic N) is 1. The van der Waals surface area contributed by atoms with E-state index in [1.807, 2.05) is 37.3 Å². The molecule has 0 aromatic heterocycles. The molecule has 1 amide bonds. The van der Waals surface area contributed by atoms with Gasteiger partial charge in [-0.3, -0.25) is 4.90 Å². The summed E-state index contributed by atoms with van der Waals surface area (Å²) in [5, 5.41) is 0. The highest BCUT2D eigenvalue weighted by molar-refractivity contribution is 5.82. The van der Waals surface area contributed by atoms with Gasteiger partial charge in [-0.1, -0.05) is 37.3 Å². The van der Waals surface area contributed by atoms with Crippen LogP contribution in [0.5, 0.6) is 0 Å². The highest BCUT2D eigenvalue weighted by atomic mass is 16.6. The SMILES string of the molecule is CCOC(=O)C1CC(C)CN1C(=O)OCc1ccccc1. The van der Waals surface area contributed by atoms with E-state index in [4.69, 9.17) is 9.47 Å². The largest absolute Gasteiger partial charge is 0.464 e. The number of rotatable bonds is 4. The monoisotopic (exact) mass is 291 g/mol. The van der Waals surface area contributed by atoms with Crippen LogP contribution in [-0.4, -0.2) is 36.2 Å². The lowest BCUT2D eigenvalue weighted by atomic mass is 10.1. The molecule has 0 radical (unpaired) electrons. The van der Waals surface area contributed by atoms with Gasteiger partial charge >= 0.3 is 12.1 Å². The Kier molecular flexibility index (Phi) is 5.20. The van der Waals surface area contributed by atoms with Gasteiger partial charge < -0.3 is 9.47 Å². The summed E-state index contributed by atoms with van der Waals surface area (Å²) in [6.45, 7) is 4.82. The van der Waals surface area contributed by atoms with E-state index in [1.54, 1.807) is 6.92 Å². The zero-order chi connectivity index (χ0) is 15.2. The summed E-state index contributed by atoms with van der Waals surface area (Å²) in [5.74, 6) is -0.0813. The van der Waals surface area contributed by atoms with Crippen LogP contribution in [0.2, 0.25) is 0 Å². The van der Waals surface area contributed by atoms with E-state index >= 15 is 0 Å². The topological polar surface area (TPSA) is 55.8 Å². The molecule has 1 aliphatic rings. The second kappa shape index (κ2) is 7.11. The Balaban J connectivity index is 1.94. The van der Waals surface area contributed by atoms with Crippen LogP contribution in [0.25, 0.3) is 0 Å². The maximum atomic E-state index is 12.2. The van der Waals surface area contributed by atoms with Gasteiger partial charge in [-0.05, 0) is 24.8 Å². The number of hydrogen-bond donors (Lipinski definition) is 0. The molecular weight excluding hydrogens is 270 g/mol. The molecule has 1 aromatic carbocycles. The first-order valence-electron chi connectivity index (χ1n) is 7.25. The third-order valence-electron chi connectivity index (χ3n) is 3.51. The minimum Gasteiger partial charge on any atom is -0.464 e. The van der Waals surface area contributed by atoms with E-state index in [2.05, 4.69) is 0 Å². The Morgan fingerprint density at radius 3 is 2.62 bits per heavy atom. The predicted molar refractivity (Wildman–Crippen MR) is 77.5 cm³/mol. The third-order valence-corrected chi connectivity index (χ3v) is 3.51. The number of amides is 1. The van der Waals surface area contributed by atoms with Crippen molar-refractivity contribution in [2.75, 3.05) is 13.2 Å². The first-order valence-corrected chi connectivity index (χ1v) is 7.25. The molecule has 1 fully saturated rings. The molecule has 0 aliphatic carbocycles. The summed E-state index contributed by atoms with van der Waals surface area (Å²) in [4.78, 5) is 25.6. The lowest BCUT2D eigenvalue weighted by Crippen LogP contribution is -2.41. The van der Waals surface area contributed by atoms with Crippen molar-refractivity contribution in [3.05, 3.63) is 35.9 Å². The first kappa shape index (κ1) is 15.4. The van der Waals surface area contributed by atoms with E-state index in [0.29, 0.717) is 19.6 Å². The van der Waals surface area contributed by atoms with Gasteiger partial charge in [0.05, 0.1) is 6.61 Å². The van der Waals surface area contributed by atoms with Gasteiger partial charge in [-0.15, -0.1) is 0 Å². The van der Waals surface area contributed by atoms with Crippen molar-refractivity contribution in [3.8, 4) is 0 Å². The summed E-state index contributed by atoms with van der Waals surface area (Å²) in [7, 11) is 0. The minimum absolute atomic E-state index is 0.208. The average Bonchev–Trinajstić information content (AvgIpc) is 2.88. The number of benzene rings is 1. The van der Waals surface area contributed by atoms with E-state index in [9.17, 15) is 9.59 Å². The number of hydrogen-bond acceptors (Lipinski definition) is 4. The minimum atomic E-state index is -0.525. The molecule has 1 heterocycles. The molecular formula is C16H21NO4. The lowest BCUT2D eigenvalue weighted by molar-refractivity contribution is -0.148. The van der Waals surface area contributed by atoms with Crippen molar-refractivity contribution < 1.29 is 19.1 Å². The van der Waals surface area contributed by atoms with Crippen LogP contribution in [0, 0.1) is 5.92 Å². The number of esters is 1. The fourth-order valence-electron chi connectivity index (χ4n) is 2.51. The quantitative estimate of drug-likeness (QED) is 0.800. The molecule has 5 nitrogen and oxygen atoms in total. The number of carbonyl (C=O) groups excluding carboxylic acids is 2. The molecule has 2 unspecified atom stereocenters. The number of carbonyl (C=O) groups is 2. The Hall–Kier alpha value is -2.04. The first-order chi connectivity index (χ1) is 10.1. The van der Waals surface area contributed by atoms with Crippen LogP contribution in [0.1, 0.15) is 25.8 Å². The van der Waals surface area contributed by atoms with Gasteiger partial charge in [-0.25, -0.2) is 9.59 Å².